The topological polar surface area (TPSA) is 55.5 Å². The molecule has 2 rings (SSSR count). The summed E-state index contributed by atoms with van der Waals surface area (Å²) < 4.78 is 5.19. The van der Waals surface area contributed by atoms with Crippen molar-refractivity contribution in [3.05, 3.63) is 42.1 Å². The van der Waals surface area contributed by atoms with Crippen LogP contribution in [0.1, 0.15) is 5.69 Å². The summed E-state index contributed by atoms with van der Waals surface area (Å²) in [6.07, 6.45) is 2.08. The molecule has 0 N–H and O–H groups in total. The summed E-state index contributed by atoms with van der Waals surface area (Å²) >= 11 is 0. The van der Waals surface area contributed by atoms with Crippen LogP contribution in [-0.4, -0.2) is 17.8 Å². The molecule has 0 radical (unpaired) electrons. The van der Waals surface area contributed by atoms with Gasteiger partial charge in [-0.1, -0.05) is 35.5 Å². The van der Waals surface area contributed by atoms with Crippen molar-refractivity contribution in [1.82, 2.24) is 5.16 Å². The molecule has 1 aromatic heterocycles. The van der Waals surface area contributed by atoms with E-state index in [0.717, 1.165) is 17.0 Å². The Bertz CT molecular complexity index is 499. The largest absolute Gasteiger partial charge is 0.356 e. The van der Waals surface area contributed by atoms with Crippen LogP contribution in [0.3, 0.4) is 0 Å². The zero-order chi connectivity index (χ0) is 11.2. The maximum Gasteiger partial charge on any atom is 0.234 e. The lowest BCUT2D eigenvalue weighted by molar-refractivity contribution is 0.423. The Morgan fingerprint density at radius 3 is 2.88 bits per heavy atom. The first-order valence-electron chi connectivity index (χ1n) is 4.95. The molecule has 2 aromatic rings. The molecule has 0 atom stereocenters. The van der Waals surface area contributed by atoms with Gasteiger partial charge in [-0.3, -0.25) is 0 Å². The van der Waals surface area contributed by atoms with E-state index in [2.05, 4.69) is 10.1 Å². The second kappa shape index (κ2) is 5.05. The molecule has 0 amide bonds. The Kier molecular flexibility index (Phi) is 3.26. The molecule has 0 aliphatic carbocycles. The highest BCUT2D eigenvalue weighted by Gasteiger charge is 2.05. The molecule has 4 heteroatoms. The van der Waals surface area contributed by atoms with Gasteiger partial charge in [0.25, 0.3) is 0 Å². The van der Waals surface area contributed by atoms with Crippen molar-refractivity contribution in [3.63, 3.8) is 0 Å². The van der Waals surface area contributed by atoms with Gasteiger partial charge < -0.3 is 4.52 Å². The summed E-state index contributed by atoms with van der Waals surface area (Å²) in [6, 6.07) is 11.6. The number of nitrogens with zero attached hydrogens (tertiary/aromatic N) is 2. The third kappa shape index (κ3) is 2.43. The van der Waals surface area contributed by atoms with E-state index >= 15 is 0 Å². The molecular formula is C12H10N2O2. The van der Waals surface area contributed by atoms with Gasteiger partial charge in [-0.2, -0.15) is 0 Å². The first-order chi connectivity index (χ1) is 7.90. The van der Waals surface area contributed by atoms with Crippen molar-refractivity contribution in [2.24, 2.45) is 4.99 Å². The predicted molar refractivity (Wildman–Crippen MR) is 58.6 cm³/mol. The van der Waals surface area contributed by atoms with E-state index < -0.39 is 0 Å². The summed E-state index contributed by atoms with van der Waals surface area (Å²) in [5.74, 6) is 0.727. The van der Waals surface area contributed by atoms with E-state index in [9.17, 15) is 4.79 Å². The average Bonchev–Trinajstić information content (AvgIpc) is 2.79. The maximum atomic E-state index is 9.89. The Balaban J connectivity index is 2.11. The molecule has 4 nitrogen and oxygen atoms in total. The van der Waals surface area contributed by atoms with Crippen LogP contribution in [-0.2, 0) is 11.2 Å². The number of rotatable bonds is 4. The summed E-state index contributed by atoms with van der Waals surface area (Å²) in [7, 11) is 0. The van der Waals surface area contributed by atoms with Gasteiger partial charge in [0.15, 0.2) is 5.76 Å². The van der Waals surface area contributed by atoms with Gasteiger partial charge in [-0.15, -0.1) is 0 Å². The standard InChI is InChI=1S/C12H10N2O2/c15-9-13-7-6-11-8-12(16-14-11)10-4-2-1-3-5-10/h1-5,8H,6-7H2. The van der Waals surface area contributed by atoms with Crippen molar-refractivity contribution in [3.8, 4) is 11.3 Å². The summed E-state index contributed by atoms with van der Waals surface area (Å²) in [5, 5.41) is 3.90. The van der Waals surface area contributed by atoms with Crippen LogP contribution < -0.4 is 0 Å². The zero-order valence-electron chi connectivity index (χ0n) is 8.59. The van der Waals surface area contributed by atoms with E-state index in [4.69, 9.17) is 4.52 Å². The van der Waals surface area contributed by atoms with Gasteiger partial charge in [0.1, 0.15) is 0 Å². The van der Waals surface area contributed by atoms with Crippen LogP contribution in [0.15, 0.2) is 45.9 Å². The highest BCUT2D eigenvalue weighted by molar-refractivity contribution is 5.56. The lowest BCUT2D eigenvalue weighted by Crippen LogP contribution is -1.87. The van der Waals surface area contributed by atoms with E-state index in [-0.39, 0.29) is 0 Å². The summed E-state index contributed by atoms with van der Waals surface area (Å²) in [4.78, 5) is 13.3. The van der Waals surface area contributed by atoms with Crippen molar-refractivity contribution in [2.45, 2.75) is 6.42 Å². The molecule has 0 unspecified atom stereocenters. The average molecular weight is 214 g/mol. The number of aliphatic imine (C=N–C) groups is 1. The zero-order valence-corrected chi connectivity index (χ0v) is 8.59. The number of hydrogen-bond acceptors (Lipinski definition) is 4. The van der Waals surface area contributed by atoms with Gasteiger partial charge >= 0.3 is 0 Å². The number of aromatic nitrogens is 1. The Hall–Kier alpha value is -2.19. The smallest absolute Gasteiger partial charge is 0.234 e. The molecule has 0 aliphatic heterocycles. The highest BCUT2D eigenvalue weighted by atomic mass is 16.5. The summed E-state index contributed by atoms with van der Waals surface area (Å²) in [5.41, 5.74) is 1.78. The molecule has 0 fully saturated rings. The molecule has 0 aliphatic rings. The van der Waals surface area contributed by atoms with Gasteiger partial charge in [0.2, 0.25) is 6.08 Å². The van der Waals surface area contributed by atoms with Gasteiger partial charge in [0.05, 0.1) is 12.2 Å². The van der Waals surface area contributed by atoms with Crippen LogP contribution >= 0.6 is 0 Å². The molecule has 0 saturated heterocycles. The SMILES string of the molecule is O=C=NCCc1cc(-c2ccccc2)on1. The Labute approximate surface area is 92.6 Å². The van der Waals surface area contributed by atoms with Gasteiger partial charge in [0, 0.05) is 18.1 Å². The fourth-order valence-electron chi connectivity index (χ4n) is 1.38. The van der Waals surface area contributed by atoms with Crippen molar-refractivity contribution in [2.75, 3.05) is 6.54 Å². The van der Waals surface area contributed by atoms with E-state index in [0.29, 0.717) is 13.0 Å². The first kappa shape index (κ1) is 10.3. The van der Waals surface area contributed by atoms with Crippen LogP contribution in [0.4, 0.5) is 0 Å². The predicted octanol–water partition coefficient (Wildman–Crippen LogP) is 2.22. The Morgan fingerprint density at radius 2 is 2.12 bits per heavy atom. The number of isocyanates is 1. The minimum atomic E-state index is 0.393. The molecular weight excluding hydrogens is 204 g/mol. The van der Waals surface area contributed by atoms with Crippen molar-refractivity contribution >= 4 is 6.08 Å². The summed E-state index contributed by atoms with van der Waals surface area (Å²) in [6.45, 7) is 0.393. The molecule has 0 saturated carbocycles. The third-order valence-electron chi connectivity index (χ3n) is 2.16. The van der Waals surface area contributed by atoms with Gasteiger partial charge in [-0.25, -0.2) is 9.79 Å². The van der Waals surface area contributed by atoms with Crippen molar-refractivity contribution in [1.29, 1.82) is 0 Å². The van der Waals surface area contributed by atoms with E-state index in [1.165, 1.54) is 6.08 Å². The van der Waals surface area contributed by atoms with Crippen LogP contribution in [0.25, 0.3) is 11.3 Å². The minimum Gasteiger partial charge on any atom is -0.356 e. The maximum absolute atomic E-state index is 9.89. The highest BCUT2D eigenvalue weighted by Crippen LogP contribution is 2.19. The monoisotopic (exact) mass is 214 g/mol. The third-order valence-corrected chi connectivity index (χ3v) is 2.16. The minimum absolute atomic E-state index is 0.393. The fourth-order valence-corrected chi connectivity index (χ4v) is 1.38. The number of hydrogen-bond donors (Lipinski definition) is 0. The fraction of sp³-hybridized carbons (Fsp3) is 0.167. The Morgan fingerprint density at radius 1 is 1.31 bits per heavy atom. The molecule has 1 heterocycles. The lowest BCUT2D eigenvalue weighted by atomic mass is 10.1. The number of benzene rings is 1. The molecule has 0 spiro atoms. The van der Waals surface area contributed by atoms with E-state index in [1.54, 1.807) is 0 Å². The molecule has 0 bridgehead atoms. The van der Waals surface area contributed by atoms with Crippen molar-refractivity contribution < 1.29 is 9.32 Å². The van der Waals surface area contributed by atoms with Crippen LogP contribution in [0.5, 0.6) is 0 Å². The van der Waals surface area contributed by atoms with Gasteiger partial charge in [-0.05, 0) is 0 Å². The second-order valence-electron chi connectivity index (χ2n) is 3.27. The van der Waals surface area contributed by atoms with Crippen LogP contribution in [0.2, 0.25) is 0 Å². The second-order valence-corrected chi connectivity index (χ2v) is 3.27. The van der Waals surface area contributed by atoms with E-state index in [1.807, 2.05) is 36.4 Å². The molecule has 1 aromatic carbocycles. The van der Waals surface area contributed by atoms with Crippen LogP contribution in [0, 0.1) is 0 Å². The normalized spacial score (nSPS) is 9.75. The quantitative estimate of drug-likeness (QED) is 0.579. The lowest BCUT2D eigenvalue weighted by Gasteiger charge is -1.91. The molecule has 80 valence electrons. The molecule has 16 heavy (non-hydrogen) atoms. The number of carbonyl (C=O) groups excluding carboxylic acids is 1. The first-order valence-corrected chi connectivity index (χ1v) is 4.95.